The fourth-order valence-corrected chi connectivity index (χ4v) is 1.35. The monoisotopic (exact) mass is 199 g/mol. The Balaban J connectivity index is 4.11. The van der Waals surface area contributed by atoms with Crippen LogP contribution < -0.4 is 0 Å². The first-order valence-electron chi connectivity index (χ1n) is 5.97. The Kier molecular flexibility index (Phi) is 5.14. The summed E-state index contributed by atoms with van der Waals surface area (Å²) in [4.78, 5) is 2.51. The van der Waals surface area contributed by atoms with Crippen molar-refractivity contribution in [3.8, 4) is 0 Å². The molecule has 0 saturated carbocycles. The van der Waals surface area contributed by atoms with Crippen LogP contribution in [0.1, 0.15) is 54.9 Å². The van der Waals surface area contributed by atoms with E-state index in [2.05, 4.69) is 53.4 Å². The molecule has 0 aliphatic rings. The highest BCUT2D eigenvalue weighted by Gasteiger charge is 2.32. The molecule has 0 aromatic heterocycles. The van der Waals surface area contributed by atoms with Gasteiger partial charge in [0.15, 0.2) is 0 Å². The van der Waals surface area contributed by atoms with Crippen molar-refractivity contribution < 1.29 is 0 Å². The van der Waals surface area contributed by atoms with E-state index < -0.39 is 0 Å². The van der Waals surface area contributed by atoms with Gasteiger partial charge in [-0.3, -0.25) is 0 Å². The summed E-state index contributed by atoms with van der Waals surface area (Å²) >= 11 is 0. The molecule has 0 rings (SSSR count). The largest absolute Gasteiger partial charge is 0.304 e. The molecular weight excluding hydrogens is 170 g/mol. The SMILES string of the molecule is CCN(CC)CCC(C)(C)C(C)(C)C. The van der Waals surface area contributed by atoms with Crippen molar-refractivity contribution in [1.82, 2.24) is 4.90 Å². The highest BCUT2D eigenvalue weighted by Crippen LogP contribution is 2.40. The van der Waals surface area contributed by atoms with Crippen LogP contribution in [-0.2, 0) is 0 Å². The lowest BCUT2D eigenvalue weighted by Gasteiger charge is -2.40. The van der Waals surface area contributed by atoms with E-state index in [1.165, 1.54) is 26.1 Å². The Labute approximate surface area is 90.9 Å². The zero-order valence-corrected chi connectivity index (χ0v) is 11.3. The van der Waals surface area contributed by atoms with Crippen LogP contribution in [0, 0.1) is 10.8 Å². The van der Waals surface area contributed by atoms with Crippen LogP contribution in [-0.4, -0.2) is 24.5 Å². The summed E-state index contributed by atoms with van der Waals surface area (Å²) in [6.45, 7) is 19.9. The maximum Gasteiger partial charge on any atom is -0.00137 e. The van der Waals surface area contributed by atoms with Gasteiger partial charge in [-0.15, -0.1) is 0 Å². The topological polar surface area (TPSA) is 3.24 Å². The molecule has 0 amide bonds. The predicted molar refractivity (Wildman–Crippen MR) is 65.6 cm³/mol. The molecule has 0 aliphatic heterocycles. The molecule has 0 unspecified atom stereocenters. The molecule has 0 radical (unpaired) electrons. The maximum absolute atomic E-state index is 2.51. The van der Waals surface area contributed by atoms with Crippen LogP contribution in [0.5, 0.6) is 0 Å². The van der Waals surface area contributed by atoms with Crippen LogP contribution in [0.2, 0.25) is 0 Å². The van der Waals surface area contributed by atoms with Gasteiger partial charge in [0.2, 0.25) is 0 Å². The highest BCUT2D eigenvalue weighted by atomic mass is 15.1. The zero-order valence-electron chi connectivity index (χ0n) is 11.3. The van der Waals surface area contributed by atoms with Crippen molar-refractivity contribution in [2.75, 3.05) is 19.6 Å². The first-order chi connectivity index (χ1) is 6.24. The first kappa shape index (κ1) is 14.0. The van der Waals surface area contributed by atoms with Crippen LogP contribution >= 0.6 is 0 Å². The molecule has 0 spiro atoms. The molecule has 1 heteroatoms. The summed E-state index contributed by atoms with van der Waals surface area (Å²) in [6.07, 6.45) is 1.29. The molecule has 0 heterocycles. The van der Waals surface area contributed by atoms with Crippen molar-refractivity contribution in [2.24, 2.45) is 10.8 Å². The number of nitrogens with zero attached hydrogens (tertiary/aromatic N) is 1. The van der Waals surface area contributed by atoms with Crippen LogP contribution in [0.4, 0.5) is 0 Å². The number of rotatable bonds is 5. The Bertz CT molecular complexity index is 149. The lowest BCUT2D eigenvalue weighted by atomic mass is 9.67. The molecule has 0 aromatic carbocycles. The third-order valence-corrected chi connectivity index (χ3v) is 3.98. The Morgan fingerprint density at radius 2 is 1.29 bits per heavy atom. The van der Waals surface area contributed by atoms with Crippen molar-refractivity contribution >= 4 is 0 Å². The van der Waals surface area contributed by atoms with Gasteiger partial charge in [0, 0.05) is 0 Å². The number of hydrogen-bond donors (Lipinski definition) is 0. The second-order valence-corrected chi connectivity index (χ2v) is 5.91. The van der Waals surface area contributed by atoms with Gasteiger partial charge in [0.25, 0.3) is 0 Å². The summed E-state index contributed by atoms with van der Waals surface area (Å²) in [5, 5.41) is 0. The van der Waals surface area contributed by atoms with E-state index in [1.807, 2.05) is 0 Å². The minimum atomic E-state index is 0.403. The molecule has 14 heavy (non-hydrogen) atoms. The second kappa shape index (κ2) is 5.16. The molecule has 0 aromatic rings. The fraction of sp³-hybridized carbons (Fsp3) is 1.00. The molecule has 0 aliphatic carbocycles. The van der Waals surface area contributed by atoms with Gasteiger partial charge in [-0.25, -0.2) is 0 Å². The normalized spacial score (nSPS) is 13.7. The summed E-state index contributed by atoms with van der Waals surface area (Å²) in [7, 11) is 0. The van der Waals surface area contributed by atoms with Gasteiger partial charge >= 0.3 is 0 Å². The van der Waals surface area contributed by atoms with E-state index >= 15 is 0 Å². The molecule has 0 atom stereocenters. The third-order valence-electron chi connectivity index (χ3n) is 3.98. The van der Waals surface area contributed by atoms with Crippen LogP contribution in [0.15, 0.2) is 0 Å². The standard InChI is InChI=1S/C13H29N/c1-8-14(9-2)11-10-13(6,7)12(3,4)5/h8-11H2,1-7H3. The van der Waals surface area contributed by atoms with Gasteiger partial charge in [-0.1, -0.05) is 48.5 Å². The minimum absolute atomic E-state index is 0.403. The summed E-state index contributed by atoms with van der Waals surface area (Å²) in [6, 6.07) is 0. The quantitative estimate of drug-likeness (QED) is 0.651. The molecule has 0 fully saturated rings. The lowest BCUT2D eigenvalue weighted by Crippen LogP contribution is -2.35. The Morgan fingerprint density at radius 3 is 1.57 bits per heavy atom. The van der Waals surface area contributed by atoms with Gasteiger partial charge < -0.3 is 4.90 Å². The predicted octanol–water partition coefficient (Wildman–Crippen LogP) is 3.79. The Morgan fingerprint density at radius 1 is 0.857 bits per heavy atom. The number of hydrogen-bond acceptors (Lipinski definition) is 1. The van der Waals surface area contributed by atoms with Crippen molar-refractivity contribution in [3.05, 3.63) is 0 Å². The fourth-order valence-electron chi connectivity index (χ4n) is 1.35. The van der Waals surface area contributed by atoms with Gasteiger partial charge in [0.1, 0.15) is 0 Å². The van der Waals surface area contributed by atoms with E-state index in [0.29, 0.717) is 10.8 Å². The van der Waals surface area contributed by atoms with E-state index in [1.54, 1.807) is 0 Å². The van der Waals surface area contributed by atoms with Crippen molar-refractivity contribution in [1.29, 1.82) is 0 Å². The molecule has 86 valence electrons. The van der Waals surface area contributed by atoms with Crippen molar-refractivity contribution in [2.45, 2.75) is 54.9 Å². The lowest BCUT2D eigenvalue weighted by molar-refractivity contribution is 0.101. The smallest absolute Gasteiger partial charge is 0.00137 e. The van der Waals surface area contributed by atoms with E-state index in [9.17, 15) is 0 Å². The average molecular weight is 199 g/mol. The van der Waals surface area contributed by atoms with Crippen LogP contribution in [0.25, 0.3) is 0 Å². The molecular formula is C13H29N. The van der Waals surface area contributed by atoms with Crippen molar-refractivity contribution in [3.63, 3.8) is 0 Å². The average Bonchev–Trinajstić information content (AvgIpc) is 2.04. The van der Waals surface area contributed by atoms with E-state index in [4.69, 9.17) is 0 Å². The highest BCUT2D eigenvalue weighted by molar-refractivity contribution is 4.83. The summed E-state index contributed by atoms with van der Waals surface area (Å²) < 4.78 is 0. The molecule has 0 bridgehead atoms. The minimum Gasteiger partial charge on any atom is -0.304 e. The second-order valence-electron chi connectivity index (χ2n) is 5.91. The Hall–Kier alpha value is -0.0400. The summed E-state index contributed by atoms with van der Waals surface area (Å²) in [5.74, 6) is 0. The molecule has 1 nitrogen and oxygen atoms in total. The van der Waals surface area contributed by atoms with Gasteiger partial charge in [0.05, 0.1) is 0 Å². The summed E-state index contributed by atoms with van der Waals surface area (Å²) in [5.41, 5.74) is 0.829. The van der Waals surface area contributed by atoms with Gasteiger partial charge in [-0.2, -0.15) is 0 Å². The first-order valence-corrected chi connectivity index (χ1v) is 5.97. The van der Waals surface area contributed by atoms with Gasteiger partial charge in [-0.05, 0) is 36.9 Å². The third kappa shape index (κ3) is 4.00. The van der Waals surface area contributed by atoms with Crippen LogP contribution in [0.3, 0.4) is 0 Å². The molecule has 0 N–H and O–H groups in total. The van der Waals surface area contributed by atoms with E-state index in [0.717, 1.165) is 0 Å². The zero-order chi connectivity index (χ0) is 11.4. The molecule has 0 saturated heterocycles. The van der Waals surface area contributed by atoms with E-state index in [-0.39, 0.29) is 0 Å². The maximum atomic E-state index is 2.51.